The maximum absolute atomic E-state index is 5.22. The summed E-state index contributed by atoms with van der Waals surface area (Å²) in [7, 11) is 0. The summed E-state index contributed by atoms with van der Waals surface area (Å²) < 4.78 is 1.99. The summed E-state index contributed by atoms with van der Waals surface area (Å²) in [6.45, 7) is 3.96. The molecule has 0 aliphatic carbocycles. The summed E-state index contributed by atoms with van der Waals surface area (Å²) >= 11 is 5.22. The Morgan fingerprint density at radius 2 is 2.00 bits per heavy atom. The maximum atomic E-state index is 5.22. The number of benzene rings is 1. The molecule has 2 heterocycles. The molecule has 106 valence electrons. The van der Waals surface area contributed by atoms with E-state index in [0.29, 0.717) is 16.3 Å². The number of hydrogen-bond donors (Lipinski definition) is 2. The van der Waals surface area contributed by atoms with E-state index >= 15 is 0 Å². The van der Waals surface area contributed by atoms with Gasteiger partial charge in [0.25, 0.3) is 0 Å². The molecule has 3 aromatic rings. The van der Waals surface area contributed by atoms with E-state index in [9.17, 15) is 0 Å². The molecule has 0 amide bonds. The lowest BCUT2D eigenvalue weighted by molar-refractivity contribution is 0.865. The van der Waals surface area contributed by atoms with Gasteiger partial charge < -0.3 is 0 Å². The highest BCUT2D eigenvalue weighted by atomic mass is 32.1. The van der Waals surface area contributed by atoms with Gasteiger partial charge in [-0.05, 0) is 43.3 Å². The molecule has 7 heteroatoms. The molecule has 6 nitrogen and oxygen atoms in total. The lowest BCUT2D eigenvalue weighted by Crippen LogP contribution is -1.96. The zero-order chi connectivity index (χ0) is 14.8. The summed E-state index contributed by atoms with van der Waals surface area (Å²) in [6, 6.07) is 9.90. The molecule has 0 unspecified atom stereocenters. The zero-order valence-corrected chi connectivity index (χ0v) is 12.5. The smallest absolute Gasteiger partial charge is 0.216 e. The largest absolute Gasteiger partial charge is 0.282 e. The molecule has 0 aliphatic heterocycles. The number of aromatic amines is 2. The summed E-state index contributed by atoms with van der Waals surface area (Å²) in [4.78, 5) is 0. The van der Waals surface area contributed by atoms with Crippen LogP contribution in [0, 0.1) is 18.6 Å². The van der Waals surface area contributed by atoms with E-state index in [1.54, 1.807) is 10.9 Å². The highest BCUT2D eigenvalue weighted by molar-refractivity contribution is 7.71. The van der Waals surface area contributed by atoms with Gasteiger partial charge in [0, 0.05) is 5.69 Å². The minimum Gasteiger partial charge on any atom is -0.282 e. The molecule has 0 spiro atoms. The number of aryl methyl sites for hydroxylation is 2. The fraction of sp³-hybridized carbons (Fsp3) is 0.143. The molecule has 0 saturated heterocycles. The normalized spacial score (nSPS) is 11.3. The van der Waals surface area contributed by atoms with Gasteiger partial charge in [-0.3, -0.25) is 5.10 Å². The molecule has 2 N–H and O–H groups in total. The number of H-pyrrole nitrogens is 2. The Morgan fingerprint density at radius 1 is 1.19 bits per heavy atom. The van der Waals surface area contributed by atoms with Crippen molar-refractivity contribution in [1.29, 1.82) is 0 Å². The predicted octanol–water partition coefficient (Wildman–Crippen LogP) is 2.83. The second-order valence-corrected chi connectivity index (χ2v) is 5.09. The van der Waals surface area contributed by atoms with Crippen LogP contribution in [0.15, 0.2) is 35.4 Å². The topological polar surface area (TPSA) is 74.7 Å². The van der Waals surface area contributed by atoms with Gasteiger partial charge in [0.05, 0.1) is 6.21 Å². The SMILES string of the molecule is Cc1cc(-c2n[nH]c(=S)n2/N=C\c2ccccc2C)n[nH]1. The predicted molar refractivity (Wildman–Crippen MR) is 83.9 cm³/mol. The third-order valence-corrected chi connectivity index (χ3v) is 3.35. The number of nitrogens with one attached hydrogen (secondary N) is 2. The van der Waals surface area contributed by atoms with Crippen LogP contribution in [0.5, 0.6) is 0 Å². The van der Waals surface area contributed by atoms with Crippen LogP contribution in [-0.4, -0.2) is 31.3 Å². The zero-order valence-electron chi connectivity index (χ0n) is 11.7. The van der Waals surface area contributed by atoms with Gasteiger partial charge in [-0.25, -0.2) is 5.10 Å². The highest BCUT2D eigenvalue weighted by Crippen LogP contribution is 2.15. The van der Waals surface area contributed by atoms with Gasteiger partial charge in [0.15, 0.2) is 0 Å². The van der Waals surface area contributed by atoms with Crippen molar-refractivity contribution < 1.29 is 0 Å². The van der Waals surface area contributed by atoms with Crippen molar-refractivity contribution in [2.75, 3.05) is 0 Å². The van der Waals surface area contributed by atoms with Gasteiger partial charge in [-0.2, -0.15) is 20.0 Å². The van der Waals surface area contributed by atoms with Crippen molar-refractivity contribution in [3.8, 4) is 11.5 Å². The van der Waals surface area contributed by atoms with Gasteiger partial charge in [0.1, 0.15) is 5.69 Å². The number of rotatable bonds is 3. The van der Waals surface area contributed by atoms with E-state index in [1.165, 1.54) is 0 Å². The molecule has 21 heavy (non-hydrogen) atoms. The lowest BCUT2D eigenvalue weighted by Gasteiger charge is -1.99. The molecule has 0 bridgehead atoms. The molecule has 0 radical (unpaired) electrons. The van der Waals surface area contributed by atoms with Gasteiger partial charge in [-0.15, -0.1) is 0 Å². The Labute approximate surface area is 126 Å². The molecule has 0 aliphatic rings. The number of nitrogens with zero attached hydrogens (tertiary/aromatic N) is 4. The van der Waals surface area contributed by atoms with Crippen LogP contribution in [-0.2, 0) is 0 Å². The summed E-state index contributed by atoms with van der Waals surface area (Å²) in [5.74, 6) is 0.578. The van der Waals surface area contributed by atoms with Crippen LogP contribution in [0.4, 0.5) is 0 Å². The fourth-order valence-electron chi connectivity index (χ4n) is 1.95. The molecule has 0 atom stereocenters. The lowest BCUT2D eigenvalue weighted by atomic mass is 10.1. The fourth-order valence-corrected chi connectivity index (χ4v) is 2.13. The Morgan fingerprint density at radius 3 is 2.71 bits per heavy atom. The molecular formula is C14H14N6S. The van der Waals surface area contributed by atoms with Crippen molar-refractivity contribution >= 4 is 18.4 Å². The number of aromatic nitrogens is 5. The van der Waals surface area contributed by atoms with E-state index in [1.807, 2.05) is 44.2 Å². The molecule has 3 rings (SSSR count). The van der Waals surface area contributed by atoms with Crippen molar-refractivity contribution in [2.24, 2.45) is 5.10 Å². The first-order valence-electron chi connectivity index (χ1n) is 6.45. The minimum absolute atomic E-state index is 0.426. The summed E-state index contributed by atoms with van der Waals surface area (Å²) in [6.07, 6.45) is 1.77. The average molecular weight is 298 g/mol. The monoisotopic (exact) mass is 298 g/mol. The Balaban J connectivity index is 2.02. The first kappa shape index (κ1) is 13.4. The molecule has 0 saturated carbocycles. The Kier molecular flexibility index (Phi) is 3.49. The summed E-state index contributed by atoms with van der Waals surface area (Å²) in [5.41, 5.74) is 3.83. The Bertz CT molecular complexity index is 854. The summed E-state index contributed by atoms with van der Waals surface area (Å²) in [5, 5.41) is 18.4. The standard InChI is InChI=1S/C14H14N6S/c1-9-5-3-4-6-11(9)8-15-20-13(18-19-14(20)21)12-7-10(2)16-17-12/h3-8H,1-2H3,(H,16,17)(H,19,21)/b15-8-. The first-order valence-corrected chi connectivity index (χ1v) is 6.86. The van der Waals surface area contributed by atoms with Crippen LogP contribution in [0.3, 0.4) is 0 Å². The number of hydrogen-bond acceptors (Lipinski definition) is 4. The molecular weight excluding hydrogens is 284 g/mol. The van der Waals surface area contributed by atoms with E-state index < -0.39 is 0 Å². The van der Waals surface area contributed by atoms with Crippen molar-refractivity contribution in [1.82, 2.24) is 25.1 Å². The highest BCUT2D eigenvalue weighted by Gasteiger charge is 2.10. The van der Waals surface area contributed by atoms with E-state index in [2.05, 4.69) is 25.5 Å². The van der Waals surface area contributed by atoms with Crippen molar-refractivity contribution in [3.05, 3.63) is 51.9 Å². The van der Waals surface area contributed by atoms with Gasteiger partial charge >= 0.3 is 0 Å². The quantitative estimate of drug-likeness (QED) is 0.577. The van der Waals surface area contributed by atoms with Crippen LogP contribution in [0.2, 0.25) is 0 Å². The van der Waals surface area contributed by atoms with Crippen LogP contribution >= 0.6 is 12.2 Å². The third kappa shape index (κ3) is 2.68. The second kappa shape index (κ2) is 5.45. The minimum atomic E-state index is 0.426. The molecule has 1 aromatic carbocycles. The van der Waals surface area contributed by atoms with Gasteiger partial charge in [-0.1, -0.05) is 24.3 Å². The van der Waals surface area contributed by atoms with Crippen LogP contribution in [0.25, 0.3) is 11.5 Å². The van der Waals surface area contributed by atoms with Crippen LogP contribution in [0.1, 0.15) is 16.8 Å². The maximum Gasteiger partial charge on any atom is 0.216 e. The van der Waals surface area contributed by atoms with E-state index in [-0.39, 0.29) is 0 Å². The molecule has 0 fully saturated rings. The van der Waals surface area contributed by atoms with Crippen LogP contribution < -0.4 is 0 Å². The van der Waals surface area contributed by atoms with E-state index in [0.717, 1.165) is 16.8 Å². The molecule has 2 aromatic heterocycles. The first-order chi connectivity index (χ1) is 10.1. The average Bonchev–Trinajstić information content (AvgIpc) is 3.04. The van der Waals surface area contributed by atoms with E-state index in [4.69, 9.17) is 12.2 Å². The van der Waals surface area contributed by atoms with Crippen molar-refractivity contribution in [2.45, 2.75) is 13.8 Å². The van der Waals surface area contributed by atoms with Gasteiger partial charge in [0.2, 0.25) is 10.6 Å². The second-order valence-electron chi connectivity index (χ2n) is 4.70. The Hall–Kier alpha value is -2.54. The van der Waals surface area contributed by atoms with Crippen molar-refractivity contribution in [3.63, 3.8) is 0 Å². The third-order valence-electron chi connectivity index (χ3n) is 3.09.